The van der Waals surface area contributed by atoms with Crippen LogP contribution in [0, 0.1) is 0 Å². The van der Waals surface area contributed by atoms with Crippen molar-refractivity contribution in [3.05, 3.63) is 0 Å². The normalized spacial score (nSPS) is 13.5. The van der Waals surface area contributed by atoms with Crippen LogP contribution in [0.15, 0.2) is 0 Å². The van der Waals surface area contributed by atoms with Crippen LogP contribution in [-0.2, 0) is 0 Å². The summed E-state index contributed by atoms with van der Waals surface area (Å²) in [5.74, 6) is 0. The van der Waals surface area contributed by atoms with Gasteiger partial charge in [0.15, 0.2) is 0 Å². The molecule has 0 fully saturated rings. The van der Waals surface area contributed by atoms with Crippen molar-refractivity contribution in [2.75, 3.05) is 0 Å². The molecule has 0 rings (SSSR count). The lowest BCUT2D eigenvalue weighted by Gasteiger charge is -2.02. The van der Waals surface area contributed by atoms with Crippen LogP contribution >= 0.6 is 12.6 Å². The molecule has 0 aliphatic heterocycles. The van der Waals surface area contributed by atoms with Crippen LogP contribution in [-0.4, -0.2) is 5.25 Å². The molecule has 0 nitrogen and oxygen atoms in total. The fourth-order valence-corrected chi connectivity index (χ4v) is 1.23. The minimum absolute atomic E-state index is 0.599. The van der Waals surface area contributed by atoms with Crippen molar-refractivity contribution in [1.29, 1.82) is 0 Å². The first kappa shape index (κ1) is 10.3. The predicted molar refractivity (Wildman–Crippen MR) is 51.8 cm³/mol. The number of hydrogen-bond donors (Lipinski definition) is 1. The van der Waals surface area contributed by atoms with Crippen LogP contribution in [0.25, 0.3) is 0 Å². The van der Waals surface area contributed by atoms with Gasteiger partial charge in [-0.15, -0.1) is 0 Å². The molecule has 0 aromatic rings. The Balaban J connectivity index is 2.77. The maximum Gasteiger partial charge on any atom is -0.00116 e. The maximum absolute atomic E-state index is 4.32. The molecule has 0 spiro atoms. The Morgan fingerprint density at radius 1 is 1.10 bits per heavy atom. The lowest BCUT2D eigenvalue weighted by atomic mass is 10.1. The summed E-state index contributed by atoms with van der Waals surface area (Å²) in [6.07, 6.45) is 8.21. The fourth-order valence-electron chi connectivity index (χ4n) is 1.04. The van der Waals surface area contributed by atoms with E-state index < -0.39 is 0 Å². The fraction of sp³-hybridized carbons (Fsp3) is 1.00. The first-order valence-corrected chi connectivity index (χ1v) is 4.97. The molecule has 1 heteroatoms. The summed E-state index contributed by atoms with van der Waals surface area (Å²) >= 11 is 4.32. The standard InChI is InChI=1S/C9H20S/c1-3-4-5-6-7-8-9(2)10/h9-10H,3-8H2,1-2H3/t9-/m0/s1. The second-order valence-corrected chi connectivity index (χ2v) is 3.93. The van der Waals surface area contributed by atoms with E-state index in [0.717, 1.165) is 0 Å². The zero-order chi connectivity index (χ0) is 7.82. The summed E-state index contributed by atoms with van der Waals surface area (Å²) < 4.78 is 0. The quantitative estimate of drug-likeness (QED) is 0.445. The van der Waals surface area contributed by atoms with Gasteiger partial charge < -0.3 is 0 Å². The molecule has 0 aromatic carbocycles. The second-order valence-electron chi connectivity index (χ2n) is 3.05. The van der Waals surface area contributed by atoms with Crippen molar-refractivity contribution in [3.8, 4) is 0 Å². The van der Waals surface area contributed by atoms with E-state index in [2.05, 4.69) is 26.5 Å². The molecule has 0 unspecified atom stereocenters. The summed E-state index contributed by atoms with van der Waals surface area (Å²) in [5.41, 5.74) is 0. The third kappa shape index (κ3) is 8.35. The summed E-state index contributed by atoms with van der Waals surface area (Å²) in [4.78, 5) is 0. The van der Waals surface area contributed by atoms with E-state index in [0.29, 0.717) is 5.25 Å². The highest BCUT2D eigenvalue weighted by atomic mass is 32.1. The van der Waals surface area contributed by atoms with E-state index in [-0.39, 0.29) is 0 Å². The molecule has 0 saturated carbocycles. The average molecular weight is 160 g/mol. The SMILES string of the molecule is CCCCCCC[C@H](C)S. The van der Waals surface area contributed by atoms with Crippen LogP contribution in [0.4, 0.5) is 0 Å². The van der Waals surface area contributed by atoms with E-state index in [1.165, 1.54) is 38.5 Å². The van der Waals surface area contributed by atoms with Crippen molar-refractivity contribution in [2.45, 2.75) is 57.6 Å². The Hall–Kier alpha value is 0.350. The van der Waals surface area contributed by atoms with Crippen LogP contribution < -0.4 is 0 Å². The van der Waals surface area contributed by atoms with Gasteiger partial charge in [-0.2, -0.15) is 12.6 Å². The second kappa shape index (κ2) is 7.46. The van der Waals surface area contributed by atoms with Crippen molar-refractivity contribution in [1.82, 2.24) is 0 Å². The molecule has 0 amide bonds. The third-order valence-electron chi connectivity index (χ3n) is 1.73. The topological polar surface area (TPSA) is 0 Å². The van der Waals surface area contributed by atoms with Gasteiger partial charge in [-0.3, -0.25) is 0 Å². The highest BCUT2D eigenvalue weighted by molar-refractivity contribution is 7.80. The largest absolute Gasteiger partial charge is 0.176 e. The highest BCUT2D eigenvalue weighted by Gasteiger charge is 1.93. The van der Waals surface area contributed by atoms with Crippen molar-refractivity contribution in [2.24, 2.45) is 0 Å². The number of unbranched alkanes of at least 4 members (excludes halogenated alkanes) is 4. The highest BCUT2D eigenvalue weighted by Crippen LogP contribution is 2.09. The van der Waals surface area contributed by atoms with E-state index in [1.54, 1.807) is 0 Å². The summed E-state index contributed by atoms with van der Waals surface area (Å²) in [7, 11) is 0. The van der Waals surface area contributed by atoms with Gasteiger partial charge in [-0.1, -0.05) is 46.0 Å². The van der Waals surface area contributed by atoms with Crippen LogP contribution in [0.1, 0.15) is 52.4 Å². The van der Waals surface area contributed by atoms with Gasteiger partial charge in [0.05, 0.1) is 0 Å². The first-order valence-electron chi connectivity index (χ1n) is 4.45. The molecule has 0 radical (unpaired) electrons. The lowest BCUT2D eigenvalue weighted by molar-refractivity contribution is 0.607. The van der Waals surface area contributed by atoms with Gasteiger partial charge in [0.2, 0.25) is 0 Å². The number of rotatable bonds is 6. The van der Waals surface area contributed by atoms with Gasteiger partial charge in [0, 0.05) is 0 Å². The van der Waals surface area contributed by atoms with E-state index in [9.17, 15) is 0 Å². The van der Waals surface area contributed by atoms with Gasteiger partial charge in [-0.25, -0.2) is 0 Å². The third-order valence-corrected chi connectivity index (χ3v) is 1.98. The van der Waals surface area contributed by atoms with Crippen molar-refractivity contribution >= 4 is 12.6 Å². The van der Waals surface area contributed by atoms with Gasteiger partial charge >= 0.3 is 0 Å². The lowest BCUT2D eigenvalue weighted by Crippen LogP contribution is -1.89. The molecule has 10 heavy (non-hydrogen) atoms. The molecule has 1 atom stereocenters. The molecule has 0 bridgehead atoms. The molecule has 0 saturated heterocycles. The van der Waals surface area contributed by atoms with Crippen molar-refractivity contribution < 1.29 is 0 Å². The van der Waals surface area contributed by atoms with Crippen LogP contribution in [0.3, 0.4) is 0 Å². The Labute approximate surface area is 70.8 Å². The summed E-state index contributed by atoms with van der Waals surface area (Å²) in [6, 6.07) is 0. The Kier molecular flexibility index (Phi) is 7.72. The monoisotopic (exact) mass is 160 g/mol. The summed E-state index contributed by atoms with van der Waals surface area (Å²) in [5, 5.41) is 0.599. The molecular formula is C9H20S. The Bertz CT molecular complexity index is 59.7. The Morgan fingerprint density at radius 2 is 1.70 bits per heavy atom. The molecule has 0 aromatic heterocycles. The van der Waals surface area contributed by atoms with E-state index in [1.807, 2.05) is 0 Å². The molecule has 0 N–H and O–H groups in total. The van der Waals surface area contributed by atoms with Gasteiger partial charge in [0.25, 0.3) is 0 Å². The minimum atomic E-state index is 0.599. The van der Waals surface area contributed by atoms with Gasteiger partial charge in [-0.05, 0) is 11.7 Å². The average Bonchev–Trinajstić information content (AvgIpc) is 1.87. The predicted octanol–water partition coefficient (Wildman–Crippen LogP) is 3.67. The summed E-state index contributed by atoms with van der Waals surface area (Å²) in [6.45, 7) is 4.42. The van der Waals surface area contributed by atoms with E-state index >= 15 is 0 Å². The van der Waals surface area contributed by atoms with Crippen LogP contribution in [0.5, 0.6) is 0 Å². The zero-order valence-electron chi connectivity index (χ0n) is 7.27. The Morgan fingerprint density at radius 3 is 2.20 bits per heavy atom. The molecule has 62 valence electrons. The van der Waals surface area contributed by atoms with E-state index in [4.69, 9.17) is 0 Å². The van der Waals surface area contributed by atoms with Gasteiger partial charge in [0.1, 0.15) is 0 Å². The minimum Gasteiger partial charge on any atom is -0.176 e. The van der Waals surface area contributed by atoms with Crippen LogP contribution in [0.2, 0.25) is 0 Å². The molecule has 0 aliphatic rings. The molecule has 0 heterocycles. The number of thiol groups is 1. The molecular weight excluding hydrogens is 140 g/mol. The zero-order valence-corrected chi connectivity index (χ0v) is 8.16. The smallest absolute Gasteiger partial charge is 0.00116 e. The first-order chi connectivity index (χ1) is 4.77. The number of hydrogen-bond acceptors (Lipinski definition) is 1. The maximum atomic E-state index is 4.32. The molecule has 0 aliphatic carbocycles. The van der Waals surface area contributed by atoms with Crippen molar-refractivity contribution in [3.63, 3.8) is 0 Å².